The lowest BCUT2D eigenvalue weighted by molar-refractivity contribution is 0.669. The van der Waals surface area contributed by atoms with Gasteiger partial charge in [-0.15, -0.1) is 0 Å². The molecule has 194 valence electrons. The molecule has 0 amide bonds. The molecule has 0 bridgehead atoms. The molecule has 0 aliphatic rings. The molecule has 0 aliphatic carbocycles. The fourth-order valence-electron chi connectivity index (χ4n) is 6.25. The van der Waals surface area contributed by atoms with Gasteiger partial charge >= 0.3 is 0 Å². The molecule has 1 aromatic heterocycles. The first-order chi connectivity index (χ1) is 20.3. The average molecular weight is 526 g/mol. The first kappa shape index (κ1) is 23.5. The van der Waals surface area contributed by atoms with Crippen LogP contribution >= 0.6 is 0 Å². The van der Waals surface area contributed by atoms with Gasteiger partial charge in [0, 0.05) is 27.7 Å². The largest absolute Gasteiger partial charge is 0.456 e. The van der Waals surface area contributed by atoms with Gasteiger partial charge in [-0.05, 0) is 76.0 Å². The molecule has 0 radical (unpaired) electrons. The number of aryl methyl sites for hydroxylation is 1. The van der Waals surface area contributed by atoms with Crippen molar-refractivity contribution < 1.29 is 4.42 Å². The van der Waals surface area contributed by atoms with Crippen LogP contribution < -0.4 is 4.90 Å². The highest BCUT2D eigenvalue weighted by Crippen LogP contribution is 2.47. The Balaban J connectivity index is 1.49. The molecule has 0 saturated heterocycles. The van der Waals surface area contributed by atoms with Crippen molar-refractivity contribution in [3.05, 3.63) is 151 Å². The smallest absolute Gasteiger partial charge is 0.135 e. The van der Waals surface area contributed by atoms with E-state index in [2.05, 4.69) is 145 Å². The molecular formula is C39H27NO. The van der Waals surface area contributed by atoms with Crippen molar-refractivity contribution in [3.8, 4) is 11.1 Å². The van der Waals surface area contributed by atoms with E-state index < -0.39 is 0 Å². The van der Waals surface area contributed by atoms with Crippen molar-refractivity contribution in [2.24, 2.45) is 0 Å². The second-order valence-corrected chi connectivity index (χ2v) is 10.6. The Morgan fingerprint density at radius 1 is 0.463 bits per heavy atom. The summed E-state index contributed by atoms with van der Waals surface area (Å²) in [7, 11) is 0. The van der Waals surface area contributed by atoms with Crippen LogP contribution in [0, 0.1) is 6.92 Å². The Bertz CT molecular complexity index is 2230. The van der Waals surface area contributed by atoms with Gasteiger partial charge in [-0.25, -0.2) is 0 Å². The van der Waals surface area contributed by atoms with Crippen molar-refractivity contribution in [1.29, 1.82) is 0 Å². The quantitative estimate of drug-likeness (QED) is 0.227. The van der Waals surface area contributed by atoms with E-state index in [4.69, 9.17) is 4.42 Å². The van der Waals surface area contributed by atoms with Gasteiger partial charge in [0.1, 0.15) is 11.2 Å². The maximum absolute atomic E-state index is 6.20. The molecule has 0 saturated carbocycles. The highest BCUT2D eigenvalue weighted by Gasteiger charge is 2.22. The summed E-state index contributed by atoms with van der Waals surface area (Å²) in [5.74, 6) is 0. The summed E-state index contributed by atoms with van der Waals surface area (Å²) in [6.45, 7) is 2.19. The normalized spacial score (nSPS) is 11.5. The van der Waals surface area contributed by atoms with Crippen molar-refractivity contribution in [1.82, 2.24) is 0 Å². The molecule has 2 heteroatoms. The van der Waals surface area contributed by atoms with E-state index in [0.29, 0.717) is 0 Å². The van der Waals surface area contributed by atoms with Crippen LogP contribution in [-0.4, -0.2) is 0 Å². The third-order valence-electron chi connectivity index (χ3n) is 8.18. The number of nitrogens with zero attached hydrogens (tertiary/aromatic N) is 1. The molecule has 7 aromatic carbocycles. The number of hydrogen-bond acceptors (Lipinski definition) is 2. The summed E-state index contributed by atoms with van der Waals surface area (Å²) in [6, 6.07) is 52.0. The molecule has 2 nitrogen and oxygen atoms in total. The molecule has 1 heterocycles. The highest BCUT2D eigenvalue weighted by atomic mass is 16.3. The number of para-hydroxylation sites is 2. The number of hydrogen-bond donors (Lipinski definition) is 0. The molecule has 0 spiro atoms. The first-order valence-electron chi connectivity index (χ1n) is 14.0. The third kappa shape index (κ3) is 3.80. The lowest BCUT2D eigenvalue weighted by Gasteiger charge is -2.30. The van der Waals surface area contributed by atoms with Gasteiger partial charge in [-0.2, -0.15) is 0 Å². The van der Waals surface area contributed by atoms with Crippen LogP contribution in [0.2, 0.25) is 0 Å². The van der Waals surface area contributed by atoms with Crippen molar-refractivity contribution in [3.63, 3.8) is 0 Å². The summed E-state index contributed by atoms with van der Waals surface area (Å²) in [4.78, 5) is 2.42. The Hall–Kier alpha value is -5.34. The molecule has 0 aliphatic heterocycles. The van der Waals surface area contributed by atoms with Crippen LogP contribution in [0.5, 0.6) is 0 Å². The second-order valence-electron chi connectivity index (χ2n) is 10.6. The number of fused-ring (bicyclic) bond motifs is 5. The number of furan rings is 1. The monoisotopic (exact) mass is 525 g/mol. The SMILES string of the molecule is Cc1ccccc1N(c1ccc2oc3ccccc3c2c1)c1ccc2ccccc2c1-c1cccc2ccccc12. The van der Waals surface area contributed by atoms with Crippen LogP contribution in [0.25, 0.3) is 54.6 Å². The third-order valence-corrected chi connectivity index (χ3v) is 8.18. The van der Waals surface area contributed by atoms with Gasteiger partial charge in [-0.3, -0.25) is 0 Å². The lowest BCUT2D eigenvalue weighted by Crippen LogP contribution is -2.12. The Morgan fingerprint density at radius 3 is 1.98 bits per heavy atom. The summed E-state index contributed by atoms with van der Waals surface area (Å²) in [5, 5.41) is 7.17. The maximum Gasteiger partial charge on any atom is 0.135 e. The standard InChI is InChI=1S/C39H27NO/c1-26-11-2-8-19-35(26)40(29-22-24-38-34(25-29)32-17-7-9-20-37(32)41-38)36-23-21-28-13-4-6-16-31(28)39(36)33-18-10-14-27-12-3-5-15-30(27)33/h2-25H,1H3. The number of benzene rings is 7. The molecule has 0 fully saturated rings. The van der Waals surface area contributed by atoms with Crippen LogP contribution in [0.15, 0.2) is 150 Å². The fraction of sp³-hybridized carbons (Fsp3) is 0.0256. The predicted octanol–water partition coefficient (Wildman–Crippen LogP) is 11.3. The zero-order valence-corrected chi connectivity index (χ0v) is 22.7. The van der Waals surface area contributed by atoms with E-state index in [0.717, 1.165) is 39.0 Å². The van der Waals surface area contributed by atoms with Crippen molar-refractivity contribution in [2.45, 2.75) is 6.92 Å². The van der Waals surface area contributed by atoms with Crippen LogP contribution in [-0.2, 0) is 0 Å². The molecule has 0 N–H and O–H groups in total. The summed E-state index contributed by atoms with van der Waals surface area (Å²) in [5.41, 5.74) is 8.84. The van der Waals surface area contributed by atoms with E-state index >= 15 is 0 Å². The number of rotatable bonds is 4. The van der Waals surface area contributed by atoms with Gasteiger partial charge in [-0.1, -0.05) is 109 Å². The molecule has 8 rings (SSSR count). The molecule has 0 atom stereocenters. The summed E-state index contributed by atoms with van der Waals surface area (Å²) in [6.07, 6.45) is 0. The van der Waals surface area contributed by atoms with Gasteiger partial charge in [0.2, 0.25) is 0 Å². The lowest BCUT2D eigenvalue weighted by atomic mass is 9.91. The minimum Gasteiger partial charge on any atom is -0.456 e. The zero-order chi connectivity index (χ0) is 27.3. The first-order valence-corrected chi connectivity index (χ1v) is 14.0. The van der Waals surface area contributed by atoms with Crippen molar-refractivity contribution >= 4 is 60.5 Å². The number of anilines is 3. The molecule has 0 unspecified atom stereocenters. The van der Waals surface area contributed by atoms with E-state index in [9.17, 15) is 0 Å². The highest BCUT2D eigenvalue weighted by molar-refractivity contribution is 6.12. The Morgan fingerprint density at radius 2 is 1.12 bits per heavy atom. The Kier molecular flexibility index (Phi) is 5.39. The minimum atomic E-state index is 0.896. The topological polar surface area (TPSA) is 16.4 Å². The minimum absolute atomic E-state index is 0.896. The average Bonchev–Trinajstić information content (AvgIpc) is 3.40. The fourth-order valence-corrected chi connectivity index (χ4v) is 6.25. The van der Waals surface area contributed by atoms with Gasteiger partial charge in [0.25, 0.3) is 0 Å². The molecule has 41 heavy (non-hydrogen) atoms. The maximum atomic E-state index is 6.20. The summed E-state index contributed by atoms with van der Waals surface area (Å²) < 4.78 is 6.20. The van der Waals surface area contributed by atoms with E-state index in [1.165, 1.54) is 38.2 Å². The predicted molar refractivity (Wildman–Crippen MR) is 174 cm³/mol. The molecular weight excluding hydrogens is 498 g/mol. The summed E-state index contributed by atoms with van der Waals surface area (Å²) >= 11 is 0. The molecule has 8 aromatic rings. The zero-order valence-electron chi connectivity index (χ0n) is 22.7. The van der Waals surface area contributed by atoms with E-state index in [1.54, 1.807) is 0 Å². The van der Waals surface area contributed by atoms with Gasteiger partial charge in [0.05, 0.1) is 5.69 Å². The van der Waals surface area contributed by atoms with Gasteiger partial charge < -0.3 is 9.32 Å². The van der Waals surface area contributed by atoms with Gasteiger partial charge in [0.15, 0.2) is 0 Å². The van der Waals surface area contributed by atoms with E-state index in [-0.39, 0.29) is 0 Å². The second kappa shape index (κ2) is 9.39. The van der Waals surface area contributed by atoms with E-state index in [1.807, 2.05) is 12.1 Å². The van der Waals surface area contributed by atoms with Crippen molar-refractivity contribution in [2.75, 3.05) is 4.90 Å². The van der Waals surface area contributed by atoms with Crippen LogP contribution in [0.4, 0.5) is 17.1 Å². The Labute approximate surface area is 238 Å². The van der Waals surface area contributed by atoms with Crippen LogP contribution in [0.1, 0.15) is 5.56 Å². The van der Waals surface area contributed by atoms with Crippen LogP contribution in [0.3, 0.4) is 0 Å².